The van der Waals surface area contributed by atoms with E-state index in [0.29, 0.717) is 35.7 Å². The molecule has 0 bridgehead atoms. The van der Waals surface area contributed by atoms with Gasteiger partial charge in [-0.1, -0.05) is 92.9 Å². The average Bonchev–Trinajstić information content (AvgIpc) is 2.97. The molecule has 9 heteroatoms. The molecule has 3 rings (SSSR count). The van der Waals surface area contributed by atoms with Crippen molar-refractivity contribution in [2.24, 2.45) is 0 Å². The Morgan fingerprint density at radius 2 is 1.54 bits per heavy atom. The first kappa shape index (κ1) is 32.2. The summed E-state index contributed by atoms with van der Waals surface area (Å²) in [6.07, 6.45) is 2.66. The summed E-state index contributed by atoms with van der Waals surface area (Å²) in [5, 5.41) is 3.40. The molecule has 0 saturated heterocycles. The van der Waals surface area contributed by atoms with Gasteiger partial charge in [0.1, 0.15) is 12.6 Å². The van der Waals surface area contributed by atoms with E-state index >= 15 is 0 Å². The van der Waals surface area contributed by atoms with Crippen LogP contribution in [0.5, 0.6) is 0 Å². The molecule has 7 nitrogen and oxygen atoms in total. The quantitative estimate of drug-likeness (QED) is 0.227. The number of anilines is 1. The highest BCUT2D eigenvalue weighted by Crippen LogP contribution is 2.29. The van der Waals surface area contributed by atoms with E-state index in [2.05, 4.69) is 5.32 Å². The van der Waals surface area contributed by atoms with Crippen LogP contribution in [-0.4, -0.2) is 44.3 Å². The molecule has 1 atom stereocenters. The molecule has 0 saturated carbocycles. The van der Waals surface area contributed by atoms with Gasteiger partial charge in [-0.3, -0.25) is 13.9 Å². The third kappa shape index (κ3) is 8.11. The first-order chi connectivity index (χ1) is 19.6. The number of carbonyl (C=O) groups excluding carboxylic acids is 2. The molecule has 0 aliphatic rings. The van der Waals surface area contributed by atoms with Crippen molar-refractivity contribution in [1.82, 2.24) is 10.2 Å². The van der Waals surface area contributed by atoms with E-state index in [1.165, 1.54) is 9.21 Å². The van der Waals surface area contributed by atoms with Gasteiger partial charge in [-0.05, 0) is 61.6 Å². The van der Waals surface area contributed by atoms with Crippen molar-refractivity contribution in [3.8, 4) is 0 Å². The fourth-order valence-electron chi connectivity index (χ4n) is 4.64. The van der Waals surface area contributed by atoms with Crippen molar-refractivity contribution in [2.75, 3.05) is 17.4 Å². The molecule has 3 aromatic rings. The monoisotopic (exact) mass is 597 g/mol. The van der Waals surface area contributed by atoms with Crippen LogP contribution in [0.1, 0.15) is 56.7 Å². The molecule has 220 valence electrons. The largest absolute Gasteiger partial charge is 0.354 e. The van der Waals surface area contributed by atoms with Gasteiger partial charge in [0.25, 0.3) is 10.0 Å². The fourth-order valence-corrected chi connectivity index (χ4v) is 6.29. The number of sulfonamides is 1. The van der Waals surface area contributed by atoms with Crippen molar-refractivity contribution in [3.05, 3.63) is 94.5 Å². The highest BCUT2D eigenvalue weighted by atomic mass is 35.5. The van der Waals surface area contributed by atoms with Crippen molar-refractivity contribution in [2.45, 2.75) is 70.9 Å². The lowest BCUT2D eigenvalue weighted by Gasteiger charge is -2.34. The normalized spacial score (nSPS) is 12.0. The van der Waals surface area contributed by atoms with Gasteiger partial charge in [0.15, 0.2) is 0 Å². The summed E-state index contributed by atoms with van der Waals surface area (Å²) in [6, 6.07) is 20.1. The van der Waals surface area contributed by atoms with Crippen molar-refractivity contribution >= 4 is 39.1 Å². The molecular weight excluding hydrogens is 558 g/mol. The second kappa shape index (κ2) is 15.0. The summed E-state index contributed by atoms with van der Waals surface area (Å²) in [5.74, 6) is -0.771. The Morgan fingerprint density at radius 1 is 0.902 bits per heavy atom. The molecule has 0 aromatic heterocycles. The van der Waals surface area contributed by atoms with Gasteiger partial charge in [0, 0.05) is 18.1 Å². The zero-order valence-electron chi connectivity index (χ0n) is 24.3. The molecule has 1 N–H and O–H groups in total. The second-order valence-corrected chi connectivity index (χ2v) is 12.3. The Hall–Kier alpha value is -3.36. The van der Waals surface area contributed by atoms with Gasteiger partial charge in [0.2, 0.25) is 11.8 Å². The number of aryl methyl sites for hydroxylation is 2. The Labute approximate surface area is 249 Å². The first-order valence-electron chi connectivity index (χ1n) is 14.1. The molecule has 0 aliphatic carbocycles. The SMILES string of the molecule is CCCCNC(=O)C(CC)N(Cc1ccccc1Cl)C(=O)CN(c1ccccc1CC)S(=O)(=O)c1ccc(C)cc1. The number of rotatable bonds is 14. The topological polar surface area (TPSA) is 86.8 Å². The number of halogens is 1. The van der Waals surface area contributed by atoms with Crippen LogP contribution in [-0.2, 0) is 32.6 Å². The third-order valence-electron chi connectivity index (χ3n) is 7.04. The standard InChI is InChI=1S/C32H40ClN3O4S/c1-5-8-21-34-32(38)29(7-3)35(22-26-14-9-11-15-28(26)33)31(37)23-36(30-16-12-10-13-25(30)6-2)41(39,40)27-19-17-24(4)18-20-27/h9-20,29H,5-8,21-23H2,1-4H3,(H,34,38). The third-order valence-corrected chi connectivity index (χ3v) is 9.19. The zero-order chi connectivity index (χ0) is 30.0. The van der Waals surface area contributed by atoms with Gasteiger partial charge in [0.05, 0.1) is 10.6 Å². The molecular formula is C32H40ClN3O4S. The van der Waals surface area contributed by atoms with E-state index in [-0.39, 0.29) is 17.3 Å². The van der Waals surface area contributed by atoms with E-state index in [9.17, 15) is 18.0 Å². The minimum atomic E-state index is -4.12. The van der Waals surface area contributed by atoms with Crippen molar-refractivity contribution in [1.29, 1.82) is 0 Å². The number of para-hydroxylation sites is 1. The maximum atomic E-state index is 14.2. The van der Waals surface area contributed by atoms with Crippen LogP contribution in [0.25, 0.3) is 0 Å². The predicted octanol–water partition coefficient (Wildman–Crippen LogP) is 6.13. The lowest BCUT2D eigenvalue weighted by Crippen LogP contribution is -2.52. The second-order valence-electron chi connectivity index (χ2n) is 9.99. The Balaban J connectivity index is 2.08. The lowest BCUT2D eigenvalue weighted by molar-refractivity contribution is -0.140. The van der Waals surface area contributed by atoms with Crippen LogP contribution in [0.4, 0.5) is 5.69 Å². The number of hydrogen-bond donors (Lipinski definition) is 1. The number of hydrogen-bond acceptors (Lipinski definition) is 4. The van der Waals surface area contributed by atoms with Gasteiger partial charge in [-0.25, -0.2) is 8.42 Å². The fraction of sp³-hybridized carbons (Fsp3) is 0.375. The van der Waals surface area contributed by atoms with Crippen molar-refractivity contribution < 1.29 is 18.0 Å². The predicted molar refractivity (Wildman–Crippen MR) is 166 cm³/mol. The van der Waals surface area contributed by atoms with Crippen LogP contribution in [0, 0.1) is 6.92 Å². The number of benzene rings is 3. The number of carbonyl (C=O) groups is 2. The van der Waals surface area contributed by atoms with Crippen LogP contribution in [0.3, 0.4) is 0 Å². The highest BCUT2D eigenvalue weighted by molar-refractivity contribution is 7.92. The molecule has 3 aromatic carbocycles. The Bertz CT molecular complexity index is 1430. The minimum absolute atomic E-state index is 0.0616. The summed E-state index contributed by atoms with van der Waals surface area (Å²) < 4.78 is 29.3. The van der Waals surface area contributed by atoms with E-state index in [0.717, 1.165) is 24.0 Å². The van der Waals surface area contributed by atoms with Gasteiger partial charge in [-0.15, -0.1) is 0 Å². The van der Waals surface area contributed by atoms with Crippen LogP contribution >= 0.6 is 11.6 Å². The minimum Gasteiger partial charge on any atom is -0.354 e. The van der Waals surface area contributed by atoms with Crippen molar-refractivity contribution in [3.63, 3.8) is 0 Å². The Kier molecular flexibility index (Phi) is 11.8. The van der Waals surface area contributed by atoms with E-state index in [4.69, 9.17) is 11.6 Å². The molecule has 0 spiro atoms. The average molecular weight is 598 g/mol. The Morgan fingerprint density at radius 3 is 2.15 bits per heavy atom. The molecule has 1 unspecified atom stereocenters. The summed E-state index contributed by atoms with van der Waals surface area (Å²) >= 11 is 6.46. The zero-order valence-corrected chi connectivity index (χ0v) is 25.8. The van der Waals surface area contributed by atoms with Gasteiger partial charge in [-0.2, -0.15) is 0 Å². The number of nitrogens with zero attached hydrogens (tertiary/aromatic N) is 2. The number of unbranched alkanes of at least 4 members (excludes halogenated alkanes) is 1. The molecule has 0 fully saturated rings. The van der Waals surface area contributed by atoms with Crippen LogP contribution < -0.4 is 9.62 Å². The van der Waals surface area contributed by atoms with E-state index < -0.39 is 28.5 Å². The van der Waals surface area contributed by atoms with E-state index in [1.54, 1.807) is 54.6 Å². The first-order valence-corrected chi connectivity index (χ1v) is 15.9. The summed E-state index contributed by atoms with van der Waals surface area (Å²) in [5.41, 5.74) is 2.82. The summed E-state index contributed by atoms with van der Waals surface area (Å²) in [6.45, 7) is 7.78. The number of amides is 2. The smallest absolute Gasteiger partial charge is 0.264 e. The maximum absolute atomic E-state index is 14.2. The molecule has 0 radical (unpaired) electrons. The van der Waals surface area contributed by atoms with Gasteiger partial charge >= 0.3 is 0 Å². The lowest BCUT2D eigenvalue weighted by atomic mass is 10.1. The summed E-state index contributed by atoms with van der Waals surface area (Å²) in [7, 11) is -4.12. The molecule has 2 amide bonds. The number of nitrogens with one attached hydrogen (secondary N) is 1. The highest BCUT2D eigenvalue weighted by Gasteiger charge is 2.34. The molecule has 0 heterocycles. The van der Waals surface area contributed by atoms with Gasteiger partial charge < -0.3 is 10.2 Å². The molecule has 0 aliphatic heterocycles. The maximum Gasteiger partial charge on any atom is 0.264 e. The van der Waals surface area contributed by atoms with Crippen LogP contribution in [0.2, 0.25) is 5.02 Å². The molecule has 41 heavy (non-hydrogen) atoms. The van der Waals surface area contributed by atoms with E-state index in [1.807, 2.05) is 45.9 Å². The van der Waals surface area contributed by atoms with Crippen LogP contribution in [0.15, 0.2) is 77.7 Å². The summed E-state index contributed by atoms with van der Waals surface area (Å²) in [4.78, 5) is 29.1.